The summed E-state index contributed by atoms with van der Waals surface area (Å²) >= 11 is 0. The molecule has 0 bridgehead atoms. The molecule has 3 rings (SSSR count). The number of carbonyl (C=O) groups excluding carboxylic acids is 1. The summed E-state index contributed by atoms with van der Waals surface area (Å²) in [5, 5.41) is 0. The van der Waals surface area contributed by atoms with Crippen LogP contribution in [0.1, 0.15) is 18.1 Å². The number of hydrogen-bond acceptors (Lipinski definition) is 4. The molecule has 136 valence electrons. The minimum Gasteiger partial charge on any atom is -0.446 e. The van der Waals surface area contributed by atoms with Crippen molar-refractivity contribution in [2.45, 2.75) is 23.6 Å². The van der Waals surface area contributed by atoms with Gasteiger partial charge in [0.15, 0.2) is 5.60 Å². The molecular formula is C18H13F3O4S. The fraction of sp³-hybridized carbons (Fsp3) is 0.167. The van der Waals surface area contributed by atoms with Gasteiger partial charge < -0.3 is 4.74 Å². The number of hydrogen-bond donors (Lipinski definition) is 0. The van der Waals surface area contributed by atoms with Crippen LogP contribution in [0.15, 0.2) is 70.5 Å². The minimum absolute atomic E-state index is 0.319. The molecule has 1 atom stereocenters. The van der Waals surface area contributed by atoms with Gasteiger partial charge in [0.2, 0.25) is 9.84 Å². The van der Waals surface area contributed by atoms with E-state index in [4.69, 9.17) is 4.74 Å². The third-order valence-corrected chi connectivity index (χ3v) is 6.11. The molecule has 0 aromatic heterocycles. The number of benzene rings is 2. The Hall–Kier alpha value is -2.61. The topological polar surface area (TPSA) is 60.4 Å². The van der Waals surface area contributed by atoms with Gasteiger partial charge in [-0.15, -0.1) is 0 Å². The van der Waals surface area contributed by atoms with E-state index in [2.05, 4.69) is 0 Å². The molecule has 0 N–H and O–H groups in total. The van der Waals surface area contributed by atoms with Crippen LogP contribution in [0.3, 0.4) is 0 Å². The maximum atomic E-state index is 12.9. The molecule has 1 aliphatic heterocycles. The van der Waals surface area contributed by atoms with Crippen molar-refractivity contribution >= 4 is 15.8 Å². The van der Waals surface area contributed by atoms with E-state index in [1.165, 1.54) is 6.92 Å². The Balaban J connectivity index is 2.08. The third-order valence-electron chi connectivity index (χ3n) is 4.13. The van der Waals surface area contributed by atoms with E-state index in [0.717, 1.165) is 18.2 Å². The third kappa shape index (κ3) is 3.01. The fourth-order valence-electron chi connectivity index (χ4n) is 2.77. The van der Waals surface area contributed by atoms with Crippen LogP contribution >= 0.6 is 0 Å². The van der Waals surface area contributed by atoms with E-state index in [-0.39, 0.29) is 9.80 Å². The van der Waals surface area contributed by atoms with Crippen LogP contribution in [-0.2, 0) is 31.1 Å². The Morgan fingerprint density at radius 1 is 0.962 bits per heavy atom. The Bertz CT molecular complexity index is 977. The average molecular weight is 382 g/mol. The van der Waals surface area contributed by atoms with E-state index in [0.29, 0.717) is 17.7 Å². The van der Waals surface area contributed by atoms with Gasteiger partial charge in [0.1, 0.15) is 4.91 Å². The quantitative estimate of drug-likeness (QED) is 0.757. The Labute approximate surface area is 147 Å². The van der Waals surface area contributed by atoms with Gasteiger partial charge in [-0.1, -0.05) is 30.3 Å². The highest BCUT2D eigenvalue weighted by Crippen LogP contribution is 2.43. The number of ether oxygens (including phenoxy) is 1. The summed E-state index contributed by atoms with van der Waals surface area (Å²) in [7, 11) is -4.24. The molecule has 0 aliphatic carbocycles. The molecule has 2 aromatic carbocycles. The summed E-state index contributed by atoms with van der Waals surface area (Å²) in [5.74, 6) is -0.832. The van der Waals surface area contributed by atoms with Crippen molar-refractivity contribution in [1.82, 2.24) is 0 Å². The standard InChI is InChI=1S/C18H13F3O4S/c1-17(12-5-3-2-4-6-12)15(11-16(22)25-17)26(23,24)14-9-7-13(8-10-14)18(19,20)21/h2-11H,1H3. The van der Waals surface area contributed by atoms with Crippen LogP contribution in [0.25, 0.3) is 0 Å². The Morgan fingerprint density at radius 3 is 2.08 bits per heavy atom. The molecule has 0 radical (unpaired) electrons. The number of esters is 1. The van der Waals surface area contributed by atoms with Crippen LogP contribution in [0, 0.1) is 0 Å². The van der Waals surface area contributed by atoms with Gasteiger partial charge in [-0.25, -0.2) is 13.2 Å². The molecule has 4 nitrogen and oxygen atoms in total. The second kappa shape index (κ2) is 5.98. The van der Waals surface area contributed by atoms with E-state index < -0.39 is 33.1 Å². The second-order valence-electron chi connectivity index (χ2n) is 5.85. The van der Waals surface area contributed by atoms with E-state index in [9.17, 15) is 26.4 Å². The minimum atomic E-state index is -4.58. The van der Waals surface area contributed by atoms with Gasteiger partial charge in [-0.3, -0.25) is 0 Å². The van der Waals surface area contributed by atoms with Crippen molar-refractivity contribution in [1.29, 1.82) is 0 Å². The molecule has 0 saturated heterocycles. The molecule has 0 amide bonds. The zero-order valence-electron chi connectivity index (χ0n) is 13.4. The highest BCUT2D eigenvalue weighted by Gasteiger charge is 2.47. The van der Waals surface area contributed by atoms with Gasteiger partial charge in [0, 0.05) is 11.6 Å². The number of sulfone groups is 1. The normalized spacial score (nSPS) is 20.6. The lowest BCUT2D eigenvalue weighted by Gasteiger charge is -2.27. The lowest BCUT2D eigenvalue weighted by atomic mass is 9.96. The van der Waals surface area contributed by atoms with Crippen molar-refractivity contribution in [2.24, 2.45) is 0 Å². The van der Waals surface area contributed by atoms with Gasteiger partial charge in [-0.05, 0) is 31.2 Å². The molecule has 1 unspecified atom stereocenters. The van der Waals surface area contributed by atoms with Crippen molar-refractivity contribution in [3.63, 3.8) is 0 Å². The smallest absolute Gasteiger partial charge is 0.416 e. The zero-order valence-corrected chi connectivity index (χ0v) is 14.3. The summed E-state index contributed by atoms with van der Waals surface area (Å²) < 4.78 is 69.2. The SMILES string of the molecule is CC1(c2ccccc2)OC(=O)C=C1S(=O)(=O)c1ccc(C(F)(F)F)cc1. The van der Waals surface area contributed by atoms with E-state index >= 15 is 0 Å². The van der Waals surface area contributed by atoms with Crippen LogP contribution in [0.5, 0.6) is 0 Å². The molecule has 8 heteroatoms. The van der Waals surface area contributed by atoms with Gasteiger partial charge in [0.05, 0.1) is 10.5 Å². The van der Waals surface area contributed by atoms with Crippen molar-refractivity contribution in [3.05, 3.63) is 76.7 Å². The van der Waals surface area contributed by atoms with Crippen molar-refractivity contribution in [3.8, 4) is 0 Å². The summed E-state index contributed by atoms with van der Waals surface area (Å²) in [6, 6.07) is 11.4. The molecular weight excluding hydrogens is 369 g/mol. The van der Waals surface area contributed by atoms with E-state index in [1.54, 1.807) is 30.3 Å². The zero-order chi connectivity index (χ0) is 19.2. The highest BCUT2D eigenvalue weighted by atomic mass is 32.2. The van der Waals surface area contributed by atoms with Gasteiger partial charge in [0.25, 0.3) is 0 Å². The number of rotatable bonds is 3. The largest absolute Gasteiger partial charge is 0.446 e. The van der Waals surface area contributed by atoms with E-state index in [1.807, 2.05) is 0 Å². The maximum absolute atomic E-state index is 12.9. The fourth-order valence-corrected chi connectivity index (χ4v) is 4.44. The number of halogens is 3. The first-order valence-electron chi connectivity index (χ1n) is 7.48. The predicted molar refractivity (Wildman–Crippen MR) is 86.6 cm³/mol. The predicted octanol–water partition coefficient (Wildman–Crippen LogP) is 3.84. The van der Waals surface area contributed by atoms with Crippen LogP contribution in [-0.4, -0.2) is 14.4 Å². The second-order valence-corrected chi connectivity index (χ2v) is 7.77. The first-order valence-corrected chi connectivity index (χ1v) is 8.96. The van der Waals surface area contributed by atoms with Crippen molar-refractivity contribution < 1.29 is 31.1 Å². The summed E-state index contributed by atoms with van der Waals surface area (Å²) in [4.78, 5) is 11.1. The molecule has 0 saturated carbocycles. The summed E-state index contributed by atoms with van der Waals surface area (Å²) in [6.07, 6.45) is -3.72. The van der Waals surface area contributed by atoms with Crippen LogP contribution in [0.2, 0.25) is 0 Å². The van der Waals surface area contributed by atoms with Gasteiger partial charge in [-0.2, -0.15) is 13.2 Å². The van der Waals surface area contributed by atoms with Gasteiger partial charge >= 0.3 is 12.1 Å². The first kappa shape index (κ1) is 18.2. The molecule has 26 heavy (non-hydrogen) atoms. The monoisotopic (exact) mass is 382 g/mol. The first-order chi connectivity index (χ1) is 12.0. The average Bonchev–Trinajstić information content (AvgIpc) is 2.92. The van der Waals surface area contributed by atoms with Crippen molar-refractivity contribution in [2.75, 3.05) is 0 Å². The highest BCUT2D eigenvalue weighted by molar-refractivity contribution is 7.95. The number of carbonyl (C=O) groups is 1. The van der Waals surface area contributed by atoms with Crippen LogP contribution < -0.4 is 0 Å². The lowest BCUT2D eigenvalue weighted by Crippen LogP contribution is -2.29. The summed E-state index contributed by atoms with van der Waals surface area (Å²) in [6.45, 7) is 1.43. The maximum Gasteiger partial charge on any atom is 0.416 e. The Morgan fingerprint density at radius 2 is 1.54 bits per heavy atom. The molecule has 2 aromatic rings. The molecule has 1 aliphatic rings. The molecule has 0 fully saturated rings. The Kier molecular flexibility index (Phi) is 4.18. The number of alkyl halides is 3. The number of cyclic esters (lactones) is 1. The van der Waals surface area contributed by atoms with Crippen LogP contribution in [0.4, 0.5) is 13.2 Å². The lowest BCUT2D eigenvalue weighted by molar-refractivity contribution is -0.145. The molecule has 0 spiro atoms. The summed E-state index contributed by atoms with van der Waals surface area (Å²) in [5.41, 5.74) is -2.08. The molecule has 1 heterocycles.